The number of carboxylic acids is 1. The van der Waals surface area contributed by atoms with E-state index in [-0.39, 0.29) is 5.92 Å². The lowest BCUT2D eigenvalue weighted by atomic mass is 9.97. The smallest absolute Gasteiger partial charge is 0.307 e. The van der Waals surface area contributed by atoms with Gasteiger partial charge in [-0.25, -0.2) is 4.68 Å². The first kappa shape index (κ1) is 17.0. The summed E-state index contributed by atoms with van der Waals surface area (Å²) < 4.78 is 1.93. The van der Waals surface area contributed by atoms with Gasteiger partial charge in [-0.05, 0) is 57.5 Å². The van der Waals surface area contributed by atoms with E-state index in [1.807, 2.05) is 35.9 Å². The molecule has 0 spiro atoms. The molecular formula is C18H22ClN3O2. The molecular weight excluding hydrogens is 326 g/mol. The minimum atomic E-state index is -0.690. The molecule has 1 atom stereocenters. The average molecular weight is 348 g/mol. The van der Waals surface area contributed by atoms with Crippen LogP contribution in [0.3, 0.4) is 0 Å². The molecule has 1 saturated heterocycles. The summed E-state index contributed by atoms with van der Waals surface area (Å²) in [6.45, 7) is 6.36. The summed E-state index contributed by atoms with van der Waals surface area (Å²) >= 11 is 5.96. The van der Waals surface area contributed by atoms with Gasteiger partial charge in [0.15, 0.2) is 0 Å². The van der Waals surface area contributed by atoms with Crippen LogP contribution in [0.1, 0.15) is 29.8 Å². The highest BCUT2D eigenvalue weighted by molar-refractivity contribution is 6.30. The third kappa shape index (κ3) is 3.47. The standard InChI is InChI=1S/C18H22ClN3O2/c1-12-17(11-21-9-3-4-14(10-21)18(23)24)13(2)22(20-12)16-7-5-15(19)6-8-16/h5-8,14H,3-4,9-11H2,1-2H3,(H,23,24). The van der Waals surface area contributed by atoms with Crippen molar-refractivity contribution in [2.75, 3.05) is 13.1 Å². The van der Waals surface area contributed by atoms with Gasteiger partial charge in [0, 0.05) is 29.4 Å². The van der Waals surface area contributed by atoms with Crippen molar-refractivity contribution in [1.29, 1.82) is 0 Å². The van der Waals surface area contributed by atoms with Crippen molar-refractivity contribution < 1.29 is 9.90 Å². The van der Waals surface area contributed by atoms with Crippen molar-refractivity contribution in [2.24, 2.45) is 5.92 Å². The number of aliphatic carboxylic acids is 1. The van der Waals surface area contributed by atoms with E-state index in [0.29, 0.717) is 11.6 Å². The van der Waals surface area contributed by atoms with Gasteiger partial charge in [-0.3, -0.25) is 9.69 Å². The number of rotatable bonds is 4. The van der Waals surface area contributed by atoms with E-state index in [1.54, 1.807) is 0 Å². The molecule has 5 nitrogen and oxygen atoms in total. The van der Waals surface area contributed by atoms with Crippen molar-refractivity contribution >= 4 is 17.6 Å². The summed E-state index contributed by atoms with van der Waals surface area (Å²) in [5, 5.41) is 14.6. The van der Waals surface area contributed by atoms with Gasteiger partial charge in [0.25, 0.3) is 0 Å². The summed E-state index contributed by atoms with van der Waals surface area (Å²) in [7, 11) is 0. The van der Waals surface area contributed by atoms with E-state index in [1.165, 1.54) is 5.56 Å². The van der Waals surface area contributed by atoms with Crippen molar-refractivity contribution in [3.63, 3.8) is 0 Å². The Morgan fingerprint density at radius 3 is 2.71 bits per heavy atom. The first-order valence-corrected chi connectivity index (χ1v) is 8.59. The molecule has 24 heavy (non-hydrogen) atoms. The lowest BCUT2D eigenvalue weighted by Gasteiger charge is -2.30. The molecule has 3 rings (SSSR count). The van der Waals surface area contributed by atoms with E-state index in [0.717, 1.165) is 43.0 Å². The average Bonchev–Trinajstić information content (AvgIpc) is 2.84. The number of hydrogen-bond donors (Lipinski definition) is 1. The van der Waals surface area contributed by atoms with Crippen LogP contribution in [-0.4, -0.2) is 38.8 Å². The van der Waals surface area contributed by atoms with Gasteiger partial charge >= 0.3 is 5.97 Å². The van der Waals surface area contributed by atoms with Crippen LogP contribution in [0.25, 0.3) is 5.69 Å². The Hall–Kier alpha value is -1.85. The Labute approximate surface area is 146 Å². The predicted molar refractivity (Wildman–Crippen MR) is 93.7 cm³/mol. The Morgan fingerprint density at radius 2 is 2.04 bits per heavy atom. The number of piperidine rings is 1. The van der Waals surface area contributed by atoms with Crippen LogP contribution in [0.2, 0.25) is 5.02 Å². The van der Waals surface area contributed by atoms with Crippen LogP contribution in [0, 0.1) is 19.8 Å². The Kier molecular flexibility index (Phi) is 4.92. The second-order valence-corrected chi connectivity index (χ2v) is 6.89. The molecule has 0 aliphatic carbocycles. The van der Waals surface area contributed by atoms with Crippen molar-refractivity contribution in [2.45, 2.75) is 33.2 Å². The van der Waals surface area contributed by atoms with E-state index in [2.05, 4.69) is 16.9 Å². The molecule has 2 aromatic rings. The molecule has 1 aliphatic rings. The van der Waals surface area contributed by atoms with Crippen molar-refractivity contribution in [3.05, 3.63) is 46.2 Å². The zero-order valence-electron chi connectivity index (χ0n) is 14.0. The molecule has 1 aromatic heterocycles. The van der Waals surface area contributed by atoms with E-state index >= 15 is 0 Å². The molecule has 2 heterocycles. The largest absolute Gasteiger partial charge is 0.481 e. The van der Waals surface area contributed by atoms with Crippen LogP contribution in [0.15, 0.2) is 24.3 Å². The number of carbonyl (C=O) groups is 1. The van der Waals surface area contributed by atoms with Crippen LogP contribution < -0.4 is 0 Å². The fourth-order valence-corrected chi connectivity index (χ4v) is 3.49. The molecule has 1 aromatic carbocycles. The Bertz CT molecular complexity index is 739. The first-order valence-electron chi connectivity index (χ1n) is 8.22. The van der Waals surface area contributed by atoms with Gasteiger partial charge in [0.1, 0.15) is 0 Å². The zero-order chi connectivity index (χ0) is 17.3. The SMILES string of the molecule is Cc1nn(-c2ccc(Cl)cc2)c(C)c1CN1CCCC(C(=O)O)C1. The molecule has 0 radical (unpaired) electrons. The molecule has 0 saturated carbocycles. The molecule has 1 N–H and O–H groups in total. The van der Waals surface area contributed by atoms with Crippen LogP contribution in [-0.2, 0) is 11.3 Å². The fraction of sp³-hybridized carbons (Fsp3) is 0.444. The van der Waals surface area contributed by atoms with Crippen molar-refractivity contribution in [3.8, 4) is 5.69 Å². The van der Waals surface area contributed by atoms with Crippen LogP contribution in [0.5, 0.6) is 0 Å². The number of halogens is 1. The Balaban J connectivity index is 1.81. The van der Waals surface area contributed by atoms with Gasteiger partial charge in [0.05, 0.1) is 17.3 Å². The quantitative estimate of drug-likeness (QED) is 0.920. The van der Waals surface area contributed by atoms with Crippen molar-refractivity contribution in [1.82, 2.24) is 14.7 Å². The summed E-state index contributed by atoms with van der Waals surface area (Å²) in [5.41, 5.74) is 4.23. The molecule has 0 amide bonds. The third-order valence-electron chi connectivity index (χ3n) is 4.75. The molecule has 1 aliphatic heterocycles. The topological polar surface area (TPSA) is 58.4 Å². The zero-order valence-corrected chi connectivity index (χ0v) is 14.8. The summed E-state index contributed by atoms with van der Waals surface area (Å²) in [5.74, 6) is -0.948. The number of carboxylic acid groups (broad SMARTS) is 1. The van der Waals surface area contributed by atoms with E-state index in [4.69, 9.17) is 11.6 Å². The number of aromatic nitrogens is 2. The monoisotopic (exact) mass is 347 g/mol. The normalized spacial score (nSPS) is 18.7. The van der Waals surface area contributed by atoms with Gasteiger partial charge in [0.2, 0.25) is 0 Å². The van der Waals surface area contributed by atoms with E-state index in [9.17, 15) is 9.90 Å². The first-order chi connectivity index (χ1) is 11.5. The van der Waals surface area contributed by atoms with Gasteiger partial charge in [-0.2, -0.15) is 5.10 Å². The molecule has 0 bridgehead atoms. The number of hydrogen-bond acceptors (Lipinski definition) is 3. The molecule has 1 unspecified atom stereocenters. The second kappa shape index (κ2) is 6.95. The fourth-order valence-electron chi connectivity index (χ4n) is 3.36. The minimum Gasteiger partial charge on any atom is -0.481 e. The summed E-state index contributed by atoms with van der Waals surface area (Å²) in [4.78, 5) is 13.5. The second-order valence-electron chi connectivity index (χ2n) is 6.45. The van der Waals surface area contributed by atoms with Crippen LogP contribution in [0.4, 0.5) is 0 Å². The number of benzene rings is 1. The van der Waals surface area contributed by atoms with Crippen LogP contribution >= 0.6 is 11.6 Å². The highest BCUT2D eigenvalue weighted by atomic mass is 35.5. The molecule has 6 heteroatoms. The summed E-state index contributed by atoms with van der Waals surface area (Å²) in [6, 6.07) is 7.62. The van der Waals surface area contributed by atoms with Gasteiger partial charge in [-0.1, -0.05) is 11.6 Å². The number of likely N-dealkylation sites (tertiary alicyclic amines) is 1. The van der Waals surface area contributed by atoms with Gasteiger partial charge in [-0.15, -0.1) is 0 Å². The summed E-state index contributed by atoms with van der Waals surface area (Å²) in [6.07, 6.45) is 1.70. The lowest BCUT2D eigenvalue weighted by Crippen LogP contribution is -2.38. The lowest BCUT2D eigenvalue weighted by molar-refractivity contribution is -0.143. The predicted octanol–water partition coefficient (Wildman–Crippen LogP) is 3.44. The maximum Gasteiger partial charge on any atom is 0.307 e. The van der Waals surface area contributed by atoms with Gasteiger partial charge < -0.3 is 5.11 Å². The molecule has 128 valence electrons. The Morgan fingerprint density at radius 1 is 1.33 bits per heavy atom. The maximum atomic E-state index is 11.2. The molecule has 1 fully saturated rings. The number of nitrogens with zero attached hydrogens (tertiary/aromatic N) is 3. The highest BCUT2D eigenvalue weighted by Crippen LogP contribution is 2.24. The van der Waals surface area contributed by atoms with E-state index < -0.39 is 5.97 Å². The third-order valence-corrected chi connectivity index (χ3v) is 5.00. The highest BCUT2D eigenvalue weighted by Gasteiger charge is 2.26. The number of aryl methyl sites for hydroxylation is 1. The minimum absolute atomic E-state index is 0.259. The maximum absolute atomic E-state index is 11.2.